The first-order valence-corrected chi connectivity index (χ1v) is 13.9. The Morgan fingerprint density at radius 2 is 1.71 bits per heavy atom. The van der Waals surface area contributed by atoms with E-state index in [4.69, 9.17) is 18.6 Å². The van der Waals surface area contributed by atoms with Gasteiger partial charge in [0.1, 0.15) is 17.9 Å². The van der Waals surface area contributed by atoms with Crippen LogP contribution >= 0.6 is 15.9 Å². The van der Waals surface area contributed by atoms with Gasteiger partial charge in [-0.15, -0.1) is 0 Å². The van der Waals surface area contributed by atoms with Crippen molar-refractivity contribution in [1.82, 2.24) is 0 Å². The number of fused-ring (bicyclic) bond motifs is 2. The van der Waals surface area contributed by atoms with Gasteiger partial charge in [0.2, 0.25) is 5.76 Å². The fraction of sp³-hybridized carbons (Fsp3) is 0.152. The number of halogens is 1. The third-order valence-corrected chi connectivity index (χ3v) is 7.48. The van der Waals surface area contributed by atoms with Crippen LogP contribution in [0.3, 0.4) is 0 Å². The molecule has 0 bridgehead atoms. The van der Waals surface area contributed by atoms with Gasteiger partial charge in [-0.1, -0.05) is 58.4 Å². The number of anilines is 1. The Morgan fingerprint density at radius 3 is 2.49 bits per heavy atom. The van der Waals surface area contributed by atoms with Gasteiger partial charge in [0.25, 0.3) is 5.91 Å². The highest BCUT2D eigenvalue weighted by atomic mass is 79.9. The molecule has 4 aromatic carbocycles. The molecule has 6 rings (SSSR count). The van der Waals surface area contributed by atoms with Crippen molar-refractivity contribution in [1.29, 1.82) is 0 Å². The second-order valence-electron chi connectivity index (χ2n) is 9.51. The number of benzene rings is 4. The first-order chi connectivity index (χ1) is 20.0. The lowest BCUT2D eigenvalue weighted by Crippen LogP contribution is -2.29. The number of ether oxygens (including phenoxy) is 3. The first-order valence-electron chi connectivity index (χ1n) is 13.2. The second-order valence-corrected chi connectivity index (χ2v) is 10.4. The molecule has 1 aliphatic rings. The van der Waals surface area contributed by atoms with Gasteiger partial charge in [-0.3, -0.25) is 14.5 Å². The van der Waals surface area contributed by atoms with E-state index >= 15 is 0 Å². The SMILES string of the molecule is CCOc1cc(C2c3c(oc4ccc(Br)cc4c3=O)C(=O)N2c2cccc(OC)c2)ccc1OCc1ccccc1. The number of carbonyl (C=O) groups excluding carboxylic acids is 1. The Labute approximate surface area is 245 Å². The molecule has 2 heterocycles. The summed E-state index contributed by atoms with van der Waals surface area (Å²) in [5.74, 6) is 1.26. The average molecular weight is 612 g/mol. The minimum Gasteiger partial charge on any atom is -0.497 e. The molecule has 206 valence electrons. The molecular formula is C33H26BrNO6. The van der Waals surface area contributed by atoms with E-state index in [-0.39, 0.29) is 16.8 Å². The predicted octanol–water partition coefficient (Wildman–Crippen LogP) is 7.29. The van der Waals surface area contributed by atoms with Gasteiger partial charge in [0.05, 0.1) is 30.7 Å². The van der Waals surface area contributed by atoms with E-state index in [1.54, 1.807) is 54.5 Å². The van der Waals surface area contributed by atoms with Crippen LogP contribution in [0.4, 0.5) is 5.69 Å². The van der Waals surface area contributed by atoms with Crippen molar-refractivity contribution in [3.8, 4) is 17.2 Å². The van der Waals surface area contributed by atoms with Gasteiger partial charge in [0, 0.05) is 16.2 Å². The topological polar surface area (TPSA) is 78.2 Å². The Bertz CT molecular complexity index is 1820. The fourth-order valence-electron chi connectivity index (χ4n) is 5.10. The van der Waals surface area contributed by atoms with Crippen LogP contribution in [0.25, 0.3) is 11.0 Å². The van der Waals surface area contributed by atoms with Gasteiger partial charge in [-0.25, -0.2) is 0 Å². The number of rotatable bonds is 8. The van der Waals surface area contributed by atoms with Crippen molar-refractivity contribution >= 4 is 38.5 Å². The molecule has 0 saturated carbocycles. The zero-order valence-electron chi connectivity index (χ0n) is 22.4. The normalized spacial score (nSPS) is 14.3. The number of amides is 1. The Hall–Kier alpha value is -4.56. The summed E-state index contributed by atoms with van der Waals surface area (Å²) in [4.78, 5) is 29.5. The third kappa shape index (κ3) is 4.95. The zero-order chi connectivity index (χ0) is 28.5. The van der Waals surface area contributed by atoms with E-state index in [0.29, 0.717) is 52.7 Å². The molecule has 1 aliphatic heterocycles. The summed E-state index contributed by atoms with van der Waals surface area (Å²) in [5.41, 5.74) is 2.61. The largest absolute Gasteiger partial charge is 0.497 e. The van der Waals surface area contributed by atoms with Crippen LogP contribution in [0.1, 0.15) is 40.2 Å². The molecule has 0 N–H and O–H groups in total. The highest BCUT2D eigenvalue weighted by Gasteiger charge is 2.44. The van der Waals surface area contributed by atoms with Crippen molar-refractivity contribution in [2.24, 2.45) is 0 Å². The maximum atomic E-state index is 14.0. The number of carbonyl (C=O) groups is 1. The van der Waals surface area contributed by atoms with Gasteiger partial charge in [0.15, 0.2) is 16.9 Å². The van der Waals surface area contributed by atoms with Crippen LogP contribution in [0, 0.1) is 0 Å². The zero-order valence-corrected chi connectivity index (χ0v) is 24.0. The fourth-order valence-corrected chi connectivity index (χ4v) is 5.47. The van der Waals surface area contributed by atoms with Crippen molar-refractivity contribution in [3.63, 3.8) is 0 Å². The minimum atomic E-state index is -0.772. The minimum absolute atomic E-state index is 0.0139. The molecule has 5 aromatic rings. The summed E-state index contributed by atoms with van der Waals surface area (Å²) < 4.78 is 24.4. The van der Waals surface area contributed by atoms with Crippen LogP contribution in [0.15, 0.2) is 105 Å². The lowest BCUT2D eigenvalue weighted by molar-refractivity contribution is 0.0971. The molecule has 1 amide bonds. The molecular weight excluding hydrogens is 586 g/mol. The predicted molar refractivity (Wildman–Crippen MR) is 160 cm³/mol. The monoisotopic (exact) mass is 611 g/mol. The molecule has 0 aliphatic carbocycles. The second kappa shape index (κ2) is 11.1. The molecule has 0 radical (unpaired) electrons. The van der Waals surface area contributed by atoms with Crippen LogP contribution in [-0.2, 0) is 6.61 Å². The van der Waals surface area contributed by atoms with Gasteiger partial charge < -0.3 is 18.6 Å². The molecule has 0 spiro atoms. The summed E-state index contributed by atoms with van der Waals surface area (Å²) in [6, 6.07) is 26.9. The van der Waals surface area contributed by atoms with Crippen molar-refractivity contribution < 1.29 is 23.4 Å². The highest BCUT2D eigenvalue weighted by Crippen LogP contribution is 2.44. The maximum Gasteiger partial charge on any atom is 0.295 e. The summed E-state index contributed by atoms with van der Waals surface area (Å²) in [7, 11) is 1.56. The Balaban J connectivity index is 1.51. The molecule has 1 aromatic heterocycles. The van der Waals surface area contributed by atoms with Crippen LogP contribution in [0.2, 0.25) is 0 Å². The number of methoxy groups -OCH3 is 1. The van der Waals surface area contributed by atoms with Crippen LogP contribution < -0.4 is 24.5 Å². The summed E-state index contributed by atoms with van der Waals surface area (Å²) in [6.45, 7) is 2.67. The number of hydrogen-bond acceptors (Lipinski definition) is 6. The quantitative estimate of drug-likeness (QED) is 0.183. The molecule has 0 fully saturated rings. The van der Waals surface area contributed by atoms with Gasteiger partial charge in [-0.2, -0.15) is 0 Å². The van der Waals surface area contributed by atoms with Crippen molar-refractivity contribution in [2.45, 2.75) is 19.6 Å². The van der Waals surface area contributed by atoms with E-state index in [9.17, 15) is 9.59 Å². The van der Waals surface area contributed by atoms with Crippen molar-refractivity contribution in [3.05, 3.63) is 128 Å². The van der Waals surface area contributed by atoms with Gasteiger partial charge >= 0.3 is 0 Å². The Kier molecular flexibility index (Phi) is 7.24. The van der Waals surface area contributed by atoms with Crippen LogP contribution in [-0.4, -0.2) is 19.6 Å². The summed E-state index contributed by atoms with van der Waals surface area (Å²) in [6.07, 6.45) is 0. The van der Waals surface area contributed by atoms with Crippen molar-refractivity contribution in [2.75, 3.05) is 18.6 Å². The Morgan fingerprint density at radius 1 is 0.878 bits per heavy atom. The molecule has 0 saturated heterocycles. The van der Waals surface area contributed by atoms with E-state index in [1.807, 2.05) is 55.5 Å². The molecule has 41 heavy (non-hydrogen) atoms. The van der Waals surface area contributed by atoms with E-state index in [1.165, 1.54) is 0 Å². The summed E-state index contributed by atoms with van der Waals surface area (Å²) in [5, 5.41) is 0.385. The standard InChI is InChI=1S/C33H26BrNO6/c1-3-39-28-16-21(12-14-27(28)40-19-20-8-5-4-6-9-20)30-29-31(36)25-17-22(34)13-15-26(25)41-32(29)33(37)35(30)23-10-7-11-24(18-23)38-2/h4-18,30H,3,19H2,1-2H3. The van der Waals surface area contributed by atoms with E-state index < -0.39 is 11.9 Å². The smallest absolute Gasteiger partial charge is 0.295 e. The molecule has 1 unspecified atom stereocenters. The van der Waals surface area contributed by atoms with E-state index in [2.05, 4.69) is 15.9 Å². The van der Waals surface area contributed by atoms with E-state index in [0.717, 1.165) is 10.0 Å². The maximum absolute atomic E-state index is 14.0. The number of nitrogens with zero attached hydrogens (tertiary/aromatic N) is 1. The third-order valence-electron chi connectivity index (χ3n) is 6.98. The molecule has 8 heteroatoms. The molecule has 1 atom stereocenters. The summed E-state index contributed by atoms with van der Waals surface area (Å²) >= 11 is 3.45. The van der Waals surface area contributed by atoms with Crippen LogP contribution in [0.5, 0.6) is 17.2 Å². The lowest BCUT2D eigenvalue weighted by Gasteiger charge is -2.26. The molecule has 7 nitrogen and oxygen atoms in total. The number of hydrogen-bond donors (Lipinski definition) is 0. The average Bonchev–Trinajstić information content (AvgIpc) is 3.29. The van der Waals surface area contributed by atoms with Gasteiger partial charge in [-0.05, 0) is 60.5 Å². The highest BCUT2D eigenvalue weighted by molar-refractivity contribution is 9.10. The lowest BCUT2D eigenvalue weighted by atomic mass is 9.97. The first kappa shape index (κ1) is 26.7.